The maximum absolute atomic E-state index is 12.9. The molecule has 2 heterocycles. The molecule has 0 radical (unpaired) electrons. The Balaban J connectivity index is 1.50. The van der Waals surface area contributed by atoms with Gasteiger partial charge in [-0.15, -0.1) is 0 Å². The molecule has 3 N–H and O–H groups in total. The summed E-state index contributed by atoms with van der Waals surface area (Å²) >= 11 is 0. The van der Waals surface area contributed by atoms with Gasteiger partial charge in [0.25, 0.3) is 0 Å². The van der Waals surface area contributed by atoms with Crippen molar-refractivity contribution in [3.8, 4) is 0 Å². The van der Waals surface area contributed by atoms with E-state index in [4.69, 9.17) is 0 Å². The SMILES string of the molecule is CC(NC(=O)[C@@]12CCCC[C@H]1CNC2)C(=O)NCC1CCS(=O)(=O)C1. The van der Waals surface area contributed by atoms with Crippen LogP contribution in [-0.4, -0.2) is 57.4 Å². The Bertz CT molecular complexity index is 636. The van der Waals surface area contributed by atoms with Gasteiger partial charge in [-0.05, 0) is 44.6 Å². The van der Waals surface area contributed by atoms with Gasteiger partial charge in [-0.25, -0.2) is 8.42 Å². The molecule has 0 aromatic carbocycles. The van der Waals surface area contributed by atoms with Crippen molar-refractivity contribution in [3.05, 3.63) is 0 Å². The first-order valence-corrected chi connectivity index (χ1v) is 11.1. The smallest absolute Gasteiger partial charge is 0.242 e. The molecule has 4 atom stereocenters. The summed E-state index contributed by atoms with van der Waals surface area (Å²) in [6.07, 6.45) is 4.77. The lowest BCUT2D eigenvalue weighted by Crippen LogP contribution is -2.54. The minimum Gasteiger partial charge on any atom is -0.354 e. The van der Waals surface area contributed by atoms with Gasteiger partial charge in [0.05, 0.1) is 16.9 Å². The van der Waals surface area contributed by atoms with Gasteiger partial charge in [-0.2, -0.15) is 0 Å². The highest BCUT2D eigenvalue weighted by Crippen LogP contribution is 2.43. The topological polar surface area (TPSA) is 104 Å². The van der Waals surface area contributed by atoms with E-state index in [-0.39, 0.29) is 34.7 Å². The number of amides is 2. The monoisotopic (exact) mass is 371 g/mol. The molecule has 1 aliphatic carbocycles. The van der Waals surface area contributed by atoms with Crippen molar-refractivity contribution in [2.75, 3.05) is 31.1 Å². The highest BCUT2D eigenvalue weighted by Gasteiger charge is 2.50. The molecule has 3 aliphatic rings. The predicted octanol–water partition coefficient (Wildman–Crippen LogP) is -0.178. The van der Waals surface area contributed by atoms with Crippen LogP contribution >= 0.6 is 0 Å². The Morgan fingerprint density at radius 1 is 1.28 bits per heavy atom. The van der Waals surface area contributed by atoms with Crippen LogP contribution in [0.5, 0.6) is 0 Å². The highest BCUT2D eigenvalue weighted by atomic mass is 32.2. The summed E-state index contributed by atoms with van der Waals surface area (Å²) in [7, 11) is -2.94. The molecular weight excluding hydrogens is 342 g/mol. The van der Waals surface area contributed by atoms with E-state index in [1.807, 2.05) is 0 Å². The number of hydrogen-bond acceptors (Lipinski definition) is 5. The van der Waals surface area contributed by atoms with Crippen molar-refractivity contribution in [1.82, 2.24) is 16.0 Å². The molecule has 142 valence electrons. The van der Waals surface area contributed by atoms with Crippen LogP contribution in [0.2, 0.25) is 0 Å². The molecule has 3 rings (SSSR count). The fourth-order valence-corrected chi connectivity index (χ4v) is 6.39. The molecule has 2 amide bonds. The van der Waals surface area contributed by atoms with Gasteiger partial charge in [0.2, 0.25) is 11.8 Å². The second-order valence-electron chi connectivity index (χ2n) is 7.94. The Morgan fingerprint density at radius 3 is 2.80 bits per heavy atom. The predicted molar refractivity (Wildman–Crippen MR) is 94.6 cm³/mol. The van der Waals surface area contributed by atoms with Gasteiger partial charge < -0.3 is 16.0 Å². The second kappa shape index (κ2) is 7.23. The summed E-state index contributed by atoms with van der Waals surface area (Å²) in [5, 5.41) is 9.03. The van der Waals surface area contributed by atoms with Crippen molar-refractivity contribution < 1.29 is 18.0 Å². The van der Waals surface area contributed by atoms with Crippen LogP contribution in [0.25, 0.3) is 0 Å². The summed E-state index contributed by atoms with van der Waals surface area (Å²) in [5.74, 6) is 0.430. The molecule has 2 unspecified atom stereocenters. The maximum atomic E-state index is 12.9. The zero-order chi connectivity index (χ0) is 18.1. The van der Waals surface area contributed by atoms with E-state index >= 15 is 0 Å². The van der Waals surface area contributed by atoms with Gasteiger partial charge in [-0.3, -0.25) is 9.59 Å². The number of fused-ring (bicyclic) bond motifs is 1. The maximum Gasteiger partial charge on any atom is 0.242 e. The van der Waals surface area contributed by atoms with E-state index in [0.717, 1.165) is 25.8 Å². The van der Waals surface area contributed by atoms with Crippen molar-refractivity contribution in [2.45, 2.75) is 45.1 Å². The van der Waals surface area contributed by atoms with Gasteiger partial charge in [0.15, 0.2) is 9.84 Å². The average molecular weight is 372 g/mol. The summed E-state index contributed by atoms with van der Waals surface area (Å²) < 4.78 is 22.9. The third kappa shape index (κ3) is 4.00. The van der Waals surface area contributed by atoms with Gasteiger partial charge in [-0.1, -0.05) is 12.8 Å². The molecule has 8 heteroatoms. The third-order valence-corrected chi connectivity index (χ3v) is 7.96. The minimum atomic E-state index is -2.94. The number of hydrogen-bond donors (Lipinski definition) is 3. The average Bonchev–Trinajstić information content (AvgIpc) is 3.16. The Kier molecular flexibility index (Phi) is 5.39. The van der Waals surface area contributed by atoms with Crippen molar-refractivity contribution in [1.29, 1.82) is 0 Å². The number of carbonyl (C=O) groups is 2. The third-order valence-electron chi connectivity index (χ3n) is 6.12. The Morgan fingerprint density at radius 2 is 2.08 bits per heavy atom. The van der Waals surface area contributed by atoms with Gasteiger partial charge in [0, 0.05) is 13.1 Å². The number of nitrogens with one attached hydrogen (secondary N) is 3. The highest BCUT2D eigenvalue weighted by molar-refractivity contribution is 7.91. The lowest BCUT2D eigenvalue weighted by molar-refractivity contribution is -0.137. The number of carbonyl (C=O) groups excluding carboxylic acids is 2. The Labute approximate surface area is 149 Å². The number of rotatable bonds is 5. The number of sulfone groups is 1. The van der Waals surface area contributed by atoms with E-state index in [2.05, 4.69) is 16.0 Å². The normalized spacial score (nSPS) is 34.9. The molecule has 2 aliphatic heterocycles. The first-order valence-electron chi connectivity index (χ1n) is 9.32. The van der Waals surface area contributed by atoms with Gasteiger partial charge in [0.1, 0.15) is 6.04 Å². The summed E-state index contributed by atoms with van der Waals surface area (Å²) in [6.45, 7) is 3.62. The first-order chi connectivity index (χ1) is 11.8. The fraction of sp³-hybridized carbons (Fsp3) is 0.882. The standard InChI is InChI=1S/C17H29N3O4S/c1-12(15(21)19-8-13-5-7-25(23,24)10-13)20-16(22)17-6-3-2-4-14(17)9-18-11-17/h12-14,18H,2-11H2,1H3,(H,19,21)(H,20,22)/t12?,13?,14-,17+/m0/s1. The van der Waals surface area contributed by atoms with Crippen LogP contribution < -0.4 is 16.0 Å². The van der Waals surface area contributed by atoms with Crippen LogP contribution in [0.1, 0.15) is 39.0 Å². The Hall–Kier alpha value is -1.15. The first kappa shape index (κ1) is 18.6. The quantitative estimate of drug-likeness (QED) is 0.622. The lowest BCUT2D eigenvalue weighted by Gasteiger charge is -2.37. The van der Waals surface area contributed by atoms with Crippen LogP contribution in [0, 0.1) is 17.3 Å². The second-order valence-corrected chi connectivity index (χ2v) is 10.2. The molecule has 2 saturated heterocycles. The molecule has 1 saturated carbocycles. The van der Waals surface area contributed by atoms with Crippen LogP contribution in [0.3, 0.4) is 0 Å². The van der Waals surface area contributed by atoms with Crippen LogP contribution in [-0.2, 0) is 19.4 Å². The molecule has 0 aromatic heterocycles. The minimum absolute atomic E-state index is 0.0165. The largest absolute Gasteiger partial charge is 0.354 e. The summed E-state index contributed by atoms with van der Waals surface area (Å²) in [6, 6.07) is -0.608. The molecule has 0 aromatic rings. The molecule has 0 spiro atoms. The van der Waals surface area contributed by atoms with E-state index in [0.29, 0.717) is 25.4 Å². The molecule has 25 heavy (non-hydrogen) atoms. The van der Waals surface area contributed by atoms with E-state index < -0.39 is 15.9 Å². The van der Waals surface area contributed by atoms with Crippen molar-refractivity contribution >= 4 is 21.7 Å². The van der Waals surface area contributed by atoms with Crippen LogP contribution in [0.4, 0.5) is 0 Å². The van der Waals surface area contributed by atoms with Gasteiger partial charge >= 0.3 is 0 Å². The fourth-order valence-electron chi connectivity index (χ4n) is 4.53. The molecular formula is C17H29N3O4S. The summed E-state index contributed by atoms with van der Waals surface area (Å²) in [5.41, 5.74) is -0.369. The molecule has 0 bridgehead atoms. The van der Waals surface area contributed by atoms with Crippen molar-refractivity contribution in [2.24, 2.45) is 17.3 Å². The zero-order valence-electron chi connectivity index (χ0n) is 14.8. The van der Waals surface area contributed by atoms with E-state index in [1.165, 1.54) is 6.42 Å². The molecule has 3 fully saturated rings. The zero-order valence-corrected chi connectivity index (χ0v) is 15.7. The van der Waals surface area contributed by atoms with Crippen LogP contribution in [0.15, 0.2) is 0 Å². The lowest BCUT2D eigenvalue weighted by atomic mass is 9.67. The van der Waals surface area contributed by atoms with E-state index in [1.54, 1.807) is 6.92 Å². The van der Waals surface area contributed by atoms with E-state index in [9.17, 15) is 18.0 Å². The molecule has 7 nitrogen and oxygen atoms in total. The van der Waals surface area contributed by atoms with Crippen molar-refractivity contribution in [3.63, 3.8) is 0 Å². The summed E-state index contributed by atoms with van der Waals surface area (Å²) in [4.78, 5) is 25.1.